The molecule has 2 heteroatoms. The maximum Gasteiger partial charge on any atom is 0.115 e. The van der Waals surface area contributed by atoms with E-state index in [2.05, 4.69) is 60.8 Å². The van der Waals surface area contributed by atoms with E-state index < -0.39 is 0 Å². The highest BCUT2D eigenvalue weighted by atomic mass is 32.1. The fourth-order valence-electron chi connectivity index (χ4n) is 2.77. The summed E-state index contributed by atoms with van der Waals surface area (Å²) in [5.41, 5.74) is 4.93. The van der Waals surface area contributed by atoms with Crippen LogP contribution in [-0.4, -0.2) is 5.11 Å². The predicted molar refractivity (Wildman–Crippen MR) is 103 cm³/mol. The molecule has 1 nitrogen and oxygen atoms in total. The lowest BCUT2D eigenvalue weighted by atomic mass is 9.96. The summed E-state index contributed by atoms with van der Waals surface area (Å²) in [7, 11) is 0. The molecule has 0 aliphatic rings. The van der Waals surface area contributed by atoms with Crippen molar-refractivity contribution in [1.82, 2.24) is 0 Å². The van der Waals surface area contributed by atoms with Crippen LogP contribution in [0.5, 0.6) is 5.75 Å². The zero-order valence-electron chi connectivity index (χ0n) is 13.6. The van der Waals surface area contributed by atoms with Crippen LogP contribution in [0.1, 0.15) is 16.0 Å². The maximum absolute atomic E-state index is 9.61. The normalized spacial score (nSPS) is 10.2. The van der Waals surface area contributed by atoms with Crippen LogP contribution in [0.4, 0.5) is 0 Å². The second-order valence-electron chi connectivity index (χ2n) is 5.66. The van der Waals surface area contributed by atoms with Crippen molar-refractivity contribution in [2.45, 2.75) is 13.3 Å². The summed E-state index contributed by atoms with van der Waals surface area (Å²) in [6.45, 7) is 2.15. The van der Waals surface area contributed by atoms with E-state index in [-0.39, 0.29) is 0 Å². The van der Waals surface area contributed by atoms with Gasteiger partial charge in [0.05, 0.1) is 0 Å². The van der Waals surface area contributed by atoms with Crippen molar-refractivity contribution >= 4 is 11.3 Å². The molecule has 0 saturated carbocycles. The van der Waals surface area contributed by atoms with E-state index in [9.17, 15) is 5.11 Å². The van der Waals surface area contributed by atoms with Gasteiger partial charge < -0.3 is 5.11 Å². The van der Waals surface area contributed by atoms with E-state index >= 15 is 0 Å². The quantitative estimate of drug-likeness (QED) is 0.610. The first-order chi connectivity index (χ1) is 11.7. The first-order valence-corrected chi connectivity index (χ1v) is 8.85. The number of phenolic OH excluding ortho intramolecular Hbond substituents is 1. The van der Waals surface area contributed by atoms with E-state index in [1.807, 2.05) is 18.2 Å². The number of phenols is 1. The highest BCUT2D eigenvalue weighted by Gasteiger charge is 2.08. The molecule has 1 N–H and O–H groups in total. The van der Waals surface area contributed by atoms with E-state index in [1.54, 1.807) is 23.5 Å². The smallest absolute Gasteiger partial charge is 0.115 e. The minimum absolute atomic E-state index is 0.293. The van der Waals surface area contributed by atoms with Gasteiger partial charge in [0, 0.05) is 4.88 Å². The molecule has 0 fully saturated rings. The van der Waals surface area contributed by atoms with Crippen LogP contribution in [0.15, 0.2) is 84.2 Å². The lowest BCUT2D eigenvalue weighted by Crippen LogP contribution is -1.92. The first-order valence-electron chi connectivity index (χ1n) is 7.97. The van der Waals surface area contributed by atoms with Crippen LogP contribution >= 0.6 is 11.3 Å². The Hall–Kier alpha value is -2.58. The van der Waals surface area contributed by atoms with Crippen molar-refractivity contribution in [2.24, 2.45) is 0 Å². The first kappa shape index (κ1) is 16.3. The predicted octanol–water partition coefficient (Wildman–Crippen LogP) is 6.14. The third-order valence-electron chi connectivity index (χ3n) is 3.91. The summed E-state index contributed by atoms with van der Waals surface area (Å²) in [4.78, 5) is 1.25. The summed E-state index contributed by atoms with van der Waals surface area (Å²) >= 11 is 1.73. The van der Waals surface area contributed by atoms with Crippen LogP contribution in [0.25, 0.3) is 11.1 Å². The van der Waals surface area contributed by atoms with E-state index in [0.29, 0.717) is 5.75 Å². The Kier molecular flexibility index (Phi) is 5.29. The lowest BCUT2D eigenvalue weighted by molar-refractivity contribution is 0.475. The average molecular weight is 332 g/mol. The van der Waals surface area contributed by atoms with Gasteiger partial charge in [-0.15, -0.1) is 11.3 Å². The molecule has 0 bridgehead atoms. The van der Waals surface area contributed by atoms with Crippen LogP contribution in [0.3, 0.4) is 0 Å². The van der Waals surface area contributed by atoms with E-state index in [4.69, 9.17) is 0 Å². The fourth-order valence-corrected chi connectivity index (χ4v) is 3.51. The van der Waals surface area contributed by atoms with E-state index in [0.717, 1.165) is 12.0 Å². The molecule has 0 spiro atoms. The largest absolute Gasteiger partial charge is 0.508 e. The Morgan fingerprint density at radius 3 is 2.21 bits per heavy atom. The molecule has 0 atom stereocenters. The monoisotopic (exact) mass is 332 g/mol. The van der Waals surface area contributed by atoms with Gasteiger partial charge in [0.15, 0.2) is 0 Å². The van der Waals surface area contributed by atoms with Gasteiger partial charge in [-0.2, -0.15) is 0 Å². The third kappa shape index (κ3) is 4.03. The van der Waals surface area contributed by atoms with Crippen molar-refractivity contribution in [3.8, 4) is 16.9 Å². The number of hydrogen-bond donors (Lipinski definition) is 1. The van der Waals surface area contributed by atoms with Gasteiger partial charge >= 0.3 is 0 Å². The Bertz CT molecular complexity index is 847. The third-order valence-corrected chi connectivity index (χ3v) is 4.76. The van der Waals surface area contributed by atoms with E-state index in [1.165, 1.54) is 21.6 Å². The minimum atomic E-state index is 0.293. The molecule has 2 aromatic carbocycles. The topological polar surface area (TPSA) is 20.2 Å². The second kappa shape index (κ2) is 7.80. The van der Waals surface area contributed by atoms with Crippen molar-refractivity contribution < 1.29 is 5.11 Å². The molecule has 1 heterocycles. The standard InChI is InChI=1S/C22H20OS/c1-17-22(19-11-13-21(23)14-12-19)20(10-6-3-7-15-24-17)16-18-8-4-2-5-9-18/h2-15,23H,16H2,1H3. The van der Waals surface area contributed by atoms with Crippen LogP contribution < -0.4 is 0 Å². The van der Waals surface area contributed by atoms with Gasteiger partial charge in [0.25, 0.3) is 0 Å². The highest BCUT2D eigenvalue weighted by Crippen LogP contribution is 2.30. The molecule has 0 radical (unpaired) electrons. The zero-order chi connectivity index (χ0) is 16.8. The summed E-state index contributed by atoms with van der Waals surface area (Å²) < 4.78 is 0. The van der Waals surface area contributed by atoms with Gasteiger partial charge in [-0.1, -0.05) is 66.7 Å². The lowest BCUT2D eigenvalue weighted by Gasteiger charge is -2.11. The Labute approximate surface area is 147 Å². The number of benzene rings is 2. The molecule has 0 aliphatic carbocycles. The van der Waals surface area contributed by atoms with Crippen LogP contribution in [0.2, 0.25) is 0 Å². The number of aryl methyl sites for hydroxylation is 1. The van der Waals surface area contributed by atoms with Crippen LogP contribution in [-0.2, 0) is 6.42 Å². The SMILES string of the molecule is Cc1scccccc(Cc2ccccc2)c1-c1ccc(O)cc1. The Morgan fingerprint density at radius 2 is 1.46 bits per heavy atom. The minimum Gasteiger partial charge on any atom is -0.508 e. The summed E-state index contributed by atoms with van der Waals surface area (Å²) in [5.74, 6) is 0.293. The number of hydrogen-bond acceptors (Lipinski definition) is 2. The molecule has 1 aromatic heterocycles. The van der Waals surface area contributed by atoms with Crippen molar-refractivity contribution in [3.05, 3.63) is 100 Å². The van der Waals surface area contributed by atoms with Gasteiger partial charge in [-0.25, -0.2) is 0 Å². The van der Waals surface area contributed by atoms with Crippen LogP contribution in [0, 0.1) is 6.92 Å². The summed E-state index contributed by atoms with van der Waals surface area (Å²) in [5, 5.41) is 11.7. The molecule has 0 amide bonds. The van der Waals surface area contributed by atoms with Gasteiger partial charge in [-0.05, 0) is 53.1 Å². The van der Waals surface area contributed by atoms with Crippen molar-refractivity contribution in [1.29, 1.82) is 0 Å². The molecule has 24 heavy (non-hydrogen) atoms. The van der Waals surface area contributed by atoms with Gasteiger partial charge in [0.1, 0.15) is 5.75 Å². The Balaban J connectivity index is 2.20. The second-order valence-corrected chi connectivity index (χ2v) is 6.78. The maximum atomic E-state index is 9.61. The molecule has 120 valence electrons. The van der Waals surface area contributed by atoms with Gasteiger partial charge in [0.2, 0.25) is 0 Å². The molecule has 3 rings (SSSR count). The molecule has 0 saturated heterocycles. The summed E-state index contributed by atoms with van der Waals surface area (Å²) in [6, 6.07) is 26.4. The molecular formula is C22H20OS. The Morgan fingerprint density at radius 1 is 0.792 bits per heavy atom. The van der Waals surface area contributed by atoms with Gasteiger partial charge in [-0.3, -0.25) is 0 Å². The molecule has 0 aliphatic heterocycles. The number of rotatable bonds is 3. The average Bonchev–Trinajstić information content (AvgIpc) is 2.68. The number of aromatic hydroxyl groups is 1. The fraction of sp³-hybridized carbons (Fsp3) is 0.0909. The molecular weight excluding hydrogens is 312 g/mol. The molecule has 3 aromatic rings. The van der Waals surface area contributed by atoms with Crippen molar-refractivity contribution in [2.75, 3.05) is 0 Å². The highest BCUT2D eigenvalue weighted by molar-refractivity contribution is 7.09. The molecule has 0 unspecified atom stereocenters. The summed E-state index contributed by atoms with van der Waals surface area (Å²) in [6.07, 6.45) is 0.874. The zero-order valence-corrected chi connectivity index (χ0v) is 14.5. The van der Waals surface area contributed by atoms with Crippen molar-refractivity contribution in [3.63, 3.8) is 0 Å².